The molecular weight excluding hydrogens is 474 g/mol. The zero-order valence-corrected chi connectivity index (χ0v) is 21.0. The lowest BCUT2D eigenvalue weighted by molar-refractivity contribution is -0.132. The molecule has 0 radical (unpaired) electrons. The predicted octanol–water partition coefficient (Wildman–Crippen LogP) is 2.49. The van der Waals surface area contributed by atoms with Gasteiger partial charge in [-0.2, -0.15) is 4.80 Å². The summed E-state index contributed by atoms with van der Waals surface area (Å²) < 4.78 is 5.09. The van der Waals surface area contributed by atoms with Crippen molar-refractivity contribution in [3.8, 4) is 0 Å². The summed E-state index contributed by atoms with van der Waals surface area (Å²) in [4.78, 5) is 39.9. The molecule has 35 heavy (non-hydrogen) atoms. The summed E-state index contributed by atoms with van der Waals surface area (Å²) in [6, 6.07) is 5.39. The van der Waals surface area contributed by atoms with E-state index in [1.807, 2.05) is 6.07 Å². The third kappa shape index (κ3) is 8.06. The number of tetrazole rings is 1. The van der Waals surface area contributed by atoms with Gasteiger partial charge >= 0.3 is 6.09 Å². The van der Waals surface area contributed by atoms with Crippen molar-refractivity contribution < 1.29 is 19.1 Å². The second-order valence-corrected chi connectivity index (χ2v) is 9.70. The lowest BCUT2D eigenvalue weighted by Crippen LogP contribution is -2.49. The molecule has 0 atom stereocenters. The standard InChI is InChI=1S/C23H30ClN7O4/c1-15-25-29-31(28-15)14-18-13-19(24)7-5-16(18)6-8-20(32)30-11-9-17(10-12-30)21(33)26-27-22(34)35-23(2,3)4/h5-8,13,17H,9-12,14H2,1-4H3,(H,26,33)(H,27,34). The minimum atomic E-state index is -0.722. The highest BCUT2D eigenvalue weighted by Gasteiger charge is 2.27. The monoisotopic (exact) mass is 503 g/mol. The molecule has 1 aromatic heterocycles. The number of rotatable bonds is 5. The summed E-state index contributed by atoms with van der Waals surface area (Å²) in [7, 11) is 0. The lowest BCUT2D eigenvalue weighted by atomic mass is 9.96. The number of carbonyl (C=O) groups is 3. The van der Waals surface area contributed by atoms with E-state index in [-0.39, 0.29) is 17.7 Å². The second-order valence-electron chi connectivity index (χ2n) is 9.26. The van der Waals surface area contributed by atoms with E-state index in [0.29, 0.717) is 43.3 Å². The number of carbonyl (C=O) groups excluding carboxylic acids is 3. The van der Waals surface area contributed by atoms with Crippen LogP contribution in [0.5, 0.6) is 0 Å². The summed E-state index contributed by atoms with van der Waals surface area (Å²) in [6.07, 6.45) is 3.51. The zero-order valence-electron chi connectivity index (χ0n) is 20.2. The van der Waals surface area contributed by atoms with Crippen LogP contribution in [0.3, 0.4) is 0 Å². The number of aromatic nitrogens is 4. The molecule has 0 bridgehead atoms. The minimum Gasteiger partial charge on any atom is -0.443 e. The summed E-state index contributed by atoms with van der Waals surface area (Å²) in [5.41, 5.74) is 5.66. The topological polar surface area (TPSA) is 131 Å². The Bertz CT molecular complexity index is 1100. The van der Waals surface area contributed by atoms with Crippen LogP contribution in [0.1, 0.15) is 50.6 Å². The number of likely N-dealkylation sites (tertiary alicyclic amines) is 1. The van der Waals surface area contributed by atoms with Crippen LogP contribution in [0.15, 0.2) is 24.3 Å². The number of ether oxygens (including phenoxy) is 1. The number of hydrogen-bond acceptors (Lipinski definition) is 7. The molecule has 2 heterocycles. The fraction of sp³-hybridized carbons (Fsp3) is 0.478. The third-order valence-corrected chi connectivity index (χ3v) is 5.47. The first kappa shape index (κ1) is 26.1. The van der Waals surface area contributed by atoms with Gasteiger partial charge in [0, 0.05) is 30.1 Å². The Hall–Kier alpha value is -3.47. The number of halogens is 1. The predicted molar refractivity (Wildman–Crippen MR) is 129 cm³/mol. The Labute approximate surface area is 208 Å². The maximum absolute atomic E-state index is 12.7. The lowest BCUT2D eigenvalue weighted by Gasteiger charge is -2.30. The van der Waals surface area contributed by atoms with Gasteiger partial charge in [-0.05, 0) is 75.1 Å². The number of benzene rings is 1. The second kappa shape index (κ2) is 11.3. The first-order valence-corrected chi connectivity index (χ1v) is 11.7. The summed E-state index contributed by atoms with van der Waals surface area (Å²) in [5, 5.41) is 12.6. The highest BCUT2D eigenvalue weighted by molar-refractivity contribution is 6.30. The SMILES string of the molecule is Cc1nnn(Cc2cc(Cl)ccc2C=CC(=O)N2CCC(C(=O)NNC(=O)OC(C)(C)C)CC2)n1. The minimum absolute atomic E-state index is 0.147. The van der Waals surface area contributed by atoms with Gasteiger partial charge in [-0.25, -0.2) is 10.2 Å². The van der Waals surface area contributed by atoms with Crippen LogP contribution in [0.25, 0.3) is 6.08 Å². The molecule has 188 valence electrons. The molecule has 2 aromatic rings. The molecule has 3 amide bonds. The van der Waals surface area contributed by atoms with E-state index < -0.39 is 11.7 Å². The number of amides is 3. The van der Waals surface area contributed by atoms with Crippen LogP contribution in [-0.4, -0.2) is 61.7 Å². The van der Waals surface area contributed by atoms with Gasteiger partial charge in [-0.1, -0.05) is 17.7 Å². The van der Waals surface area contributed by atoms with Crippen molar-refractivity contribution in [2.24, 2.45) is 5.92 Å². The summed E-state index contributed by atoms with van der Waals surface area (Å²) in [6.45, 7) is 8.19. The van der Waals surface area contributed by atoms with E-state index >= 15 is 0 Å². The number of hydrazine groups is 1. The number of hydrogen-bond donors (Lipinski definition) is 2. The molecule has 1 aromatic carbocycles. The highest BCUT2D eigenvalue weighted by Crippen LogP contribution is 2.20. The van der Waals surface area contributed by atoms with Gasteiger partial charge in [-0.15, -0.1) is 10.2 Å². The fourth-order valence-corrected chi connectivity index (χ4v) is 3.76. The van der Waals surface area contributed by atoms with Crippen LogP contribution in [0.2, 0.25) is 5.02 Å². The maximum atomic E-state index is 12.7. The maximum Gasteiger partial charge on any atom is 0.426 e. The van der Waals surface area contributed by atoms with Crippen molar-refractivity contribution in [3.05, 3.63) is 46.2 Å². The van der Waals surface area contributed by atoms with Crippen LogP contribution < -0.4 is 10.9 Å². The average molecular weight is 504 g/mol. The molecular formula is C23H30ClN7O4. The van der Waals surface area contributed by atoms with Gasteiger partial charge in [-0.3, -0.25) is 15.0 Å². The first-order valence-electron chi connectivity index (χ1n) is 11.3. The number of nitrogens with one attached hydrogen (secondary N) is 2. The smallest absolute Gasteiger partial charge is 0.426 e. The van der Waals surface area contributed by atoms with Crippen molar-refractivity contribution in [2.75, 3.05) is 13.1 Å². The molecule has 0 spiro atoms. The van der Waals surface area contributed by atoms with Gasteiger partial charge in [0.25, 0.3) is 0 Å². The fourth-order valence-electron chi connectivity index (χ4n) is 3.56. The molecule has 0 saturated carbocycles. The van der Waals surface area contributed by atoms with Crippen molar-refractivity contribution in [2.45, 2.75) is 52.7 Å². The number of piperidine rings is 1. The van der Waals surface area contributed by atoms with Crippen molar-refractivity contribution in [1.29, 1.82) is 0 Å². The molecule has 1 aliphatic heterocycles. The van der Waals surface area contributed by atoms with Gasteiger partial charge in [0.05, 0.1) is 6.54 Å². The van der Waals surface area contributed by atoms with Crippen LogP contribution in [0.4, 0.5) is 4.79 Å². The molecule has 12 heteroatoms. The molecule has 2 N–H and O–H groups in total. The van der Waals surface area contributed by atoms with E-state index in [2.05, 4.69) is 26.3 Å². The Balaban J connectivity index is 1.52. The van der Waals surface area contributed by atoms with Gasteiger partial charge in [0.1, 0.15) is 5.60 Å². The van der Waals surface area contributed by atoms with Crippen molar-refractivity contribution >= 4 is 35.6 Å². The summed E-state index contributed by atoms with van der Waals surface area (Å²) >= 11 is 6.15. The van der Waals surface area contributed by atoms with Crippen LogP contribution in [-0.2, 0) is 20.9 Å². The van der Waals surface area contributed by atoms with Crippen molar-refractivity contribution in [3.63, 3.8) is 0 Å². The Morgan fingerprint density at radius 1 is 1.20 bits per heavy atom. The first-order chi connectivity index (χ1) is 16.5. The molecule has 0 aliphatic carbocycles. The van der Waals surface area contributed by atoms with E-state index in [1.54, 1.807) is 50.8 Å². The van der Waals surface area contributed by atoms with Crippen LogP contribution in [0, 0.1) is 12.8 Å². The molecule has 3 rings (SSSR count). The van der Waals surface area contributed by atoms with Gasteiger partial charge in [0.2, 0.25) is 11.8 Å². The Kier molecular flexibility index (Phi) is 8.44. The largest absolute Gasteiger partial charge is 0.443 e. The quantitative estimate of drug-likeness (QED) is 0.473. The molecule has 1 aliphatic rings. The van der Waals surface area contributed by atoms with Gasteiger partial charge in [0.15, 0.2) is 5.82 Å². The van der Waals surface area contributed by atoms with Crippen LogP contribution >= 0.6 is 11.6 Å². The van der Waals surface area contributed by atoms with E-state index in [9.17, 15) is 14.4 Å². The Morgan fingerprint density at radius 2 is 1.91 bits per heavy atom. The third-order valence-electron chi connectivity index (χ3n) is 5.24. The summed E-state index contributed by atoms with van der Waals surface area (Å²) in [5.74, 6) is -0.191. The average Bonchev–Trinajstić information content (AvgIpc) is 3.20. The van der Waals surface area contributed by atoms with E-state index in [0.717, 1.165) is 11.1 Å². The van der Waals surface area contributed by atoms with Gasteiger partial charge < -0.3 is 9.64 Å². The van der Waals surface area contributed by atoms with Crippen molar-refractivity contribution in [1.82, 2.24) is 36.0 Å². The number of aryl methyl sites for hydroxylation is 1. The van der Waals surface area contributed by atoms with E-state index in [1.165, 1.54) is 10.9 Å². The molecule has 1 fully saturated rings. The number of nitrogens with zero attached hydrogens (tertiary/aromatic N) is 5. The highest BCUT2D eigenvalue weighted by atomic mass is 35.5. The molecule has 1 saturated heterocycles. The zero-order chi connectivity index (χ0) is 25.6. The normalized spacial score (nSPS) is 14.7. The molecule has 0 unspecified atom stereocenters. The Morgan fingerprint density at radius 3 is 2.54 bits per heavy atom. The molecule has 11 nitrogen and oxygen atoms in total. The van der Waals surface area contributed by atoms with E-state index in [4.69, 9.17) is 16.3 Å².